The normalized spacial score (nSPS) is 21.6. The van der Waals surface area contributed by atoms with E-state index in [4.69, 9.17) is 11.6 Å². The average Bonchev–Trinajstić information content (AvgIpc) is 2.78. The zero-order chi connectivity index (χ0) is 11.9. The Balaban J connectivity index is 2.07. The highest BCUT2D eigenvalue weighted by Crippen LogP contribution is 2.44. The van der Waals surface area contributed by atoms with Crippen LogP contribution in [-0.4, -0.2) is 17.1 Å². The third kappa shape index (κ3) is 2.14. The van der Waals surface area contributed by atoms with Gasteiger partial charge in [0.05, 0.1) is 5.02 Å². The molecule has 0 bridgehead atoms. The molecule has 86 valence electrons. The van der Waals surface area contributed by atoms with E-state index >= 15 is 0 Å². The van der Waals surface area contributed by atoms with E-state index in [2.05, 4.69) is 19.2 Å². The Hall–Kier alpha value is -1.22. The fourth-order valence-electron chi connectivity index (χ4n) is 1.60. The lowest BCUT2D eigenvalue weighted by Crippen LogP contribution is -2.28. The monoisotopic (exact) mass is 239 g/mol. The number of carbonyl (C=O) groups is 1. The first-order valence-electron chi connectivity index (χ1n) is 5.19. The van der Waals surface area contributed by atoms with Gasteiger partial charge in [-0.3, -0.25) is 4.79 Å². The van der Waals surface area contributed by atoms with Gasteiger partial charge >= 0.3 is 0 Å². The maximum atomic E-state index is 11.8. The van der Waals surface area contributed by atoms with Gasteiger partial charge in [-0.15, -0.1) is 0 Å². The largest absolute Gasteiger partial charge is 0.506 e. The van der Waals surface area contributed by atoms with Crippen molar-refractivity contribution in [1.82, 2.24) is 5.32 Å². The number of nitrogens with one attached hydrogen (secondary N) is 1. The van der Waals surface area contributed by atoms with Crippen molar-refractivity contribution < 1.29 is 9.90 Å². The minimum atomic E-state index is -0.141. The molecule has 2 rings (SSSR count). The Labute approximate surface area is 99.4 Å². The van der Waals surface area contributed by atoms with Crippen LogP contribution >= 0.6 is 11.6 Å². The molecule has 1 aliphatic carbocycles. The highest BCUT2D eigenvalue weighted by atomic mass is 35.5. The van der Waals surface area contributed by atoms with Crippen LogP contribution in [0.4, 0.5) is 0 Å². The maximum absolute atomic E-state index is 11.8. The van der Waals surface area contributed by atoms with Crippen LogP contribution in [0.25, 0.3) is 0 Å². The number of carbonyl (C=O) groups excluding carboxylic acids is 1. The van der Waals surface area contributed by atoms with E-state index in [-0.39, 0.29) is 28.1 Å². The van der Waals surface area contributed by atoms with Gasteiger partial charge in [0.25, 0.3) is 5.91 Å². The molecule has 1 unspecified atom stereocenters. The van der Waals surface area contributed by atoms with E-state index in [0.29, 0.717) is 5.56 Å². The average molecular weight is 240 g/mol. The SMILES string of the molecule is CC1(C)CC1NC(=O)c1ccc(O)c(Cl)c1. The third-order valence-electron chi connectivity index (χ3n) is 3.03. The molecule has 3 nitrogen and oxygen atoms in total. The second kappa shape index (κ2) is 3.67. The molecular formula is C12H14ClNO2. The van der Waals surface area contributed by atoms with Crippen LogP contribution in [0.5, 0.6) is 5.75 Å². The Morgan fingerprint density at radius 1 is 1.56 bits per heavy atom. The zero-order valence-corrected chi connectivity index (χ0v) is 10.0. The molecule has 2 N–H and O–H groups in total. The van der Waals surface area contributed by atoms with Crippen molar-refractivity contribution in [2.45, 2.75) is 26.3 Å². The molecule has 0 aliphatic heterocycles. The highest BCUT2D eigenvalue weighted by molar-refractivity contribution is 6.32. The van der Waals surface area contributed by atoms with Gasteiger partial charge in [-0.05, 0) is 30.0 Å². The number of aromatic hydroxyl groups is 1. The predicted octanol–water partition coefficient (Wildman–Crippen LogP) is 2.57. The van der Waals surface area contributed by atoms with Gasteiger partial charge in [-0.25, -0.2) is 0 Å². The van der Waals surface area contributed by atoms with E-state index < -0.39 is 0 Å². The molecule has 1 amide bonds. The Morgan fingerprint density at radius 3 is 2.69 bits per heavy atom. The van der Waals surface area contributed by atoms with E-state index in [9.17, 15) is 9.90 Å². The Bertz CT molecular complexity index is 443. The number of benzene rings is 1. The van der Waals surface area contributed by atoms with Crippen molar-refractivity contribution in [3.8, 4) is 5.75 Å². The number of phenols is 1. The predicted molar refractivity (Wildman–Crippen MR) is 62.8 cm³/mol. The van der Waals surface area contributed by atoms with Gasteiger partial charge in [0, 0.05) is 11.6 Å². The lowest BCUT2D eigenvalue weighted by atomic mass is 10.1. The van der Waals surface area contributed by atoms with Crippen LogP contribution in [0.3, 0.4) is 0 Å². The molecule has 0 aromatic heterocycles. The first-order chi connectivity index (χ1) is 7.40. The molecule has 0 heterocycles. The second-order valence-corrected chi connectivity index (χ2v) is 5.29. The molecule has 0 spiro atoms. The summed E-state index contributed by atoms with van der Waals surface area (Å²) in [6, 6.07) is 4.70. The summed E-state index contributed by atoms with van der Waals surface area (Å²) in [4.78, 5) is 11.8. The van der Waals surface area contributed by atoms with Gasteiger partial charge < -0.3 is 10.4 Å². The summed E-state index contributed by atoms with van der Waals surface area (Å²) in [6.45, 7) is 4.23. The summed E-state index contributed by atoms with van der Waals surface area (Å²) in [7, 11) is 0. The number of phenolic OH excluding ortho intramolecular Hbond substituents is 1. The van der Waals surface area contributed by atoms with Crippen molar-refractivity contribution in [1.29, 1.82) is 0 Å². The molecule has 1 aromatic rings. The summed E-state index contributed by atoms with van der Waals surface area (Å²) < 4.78 is 0. The minimum Gasteiger partial charge on any atom is -0.506 e. The minimum absolute atomic E-state index is 0.00929. The lowest BCUT2D eigenvalue weighted by Gasteiger charge is -2.07. The molecule has 16 heavy (non-hydrogen) atoms. The van der Waals surface area contributed by atoms with Crippen LogP contribution in [0, 0.1) is 5.41 Å². The third-order valence-corrected chi connectivity index (χ3v) is 3.33. The van der Waals surface area contributed by atoms with Crippen LogP contribution in [0.15, 0.2) is 18.2 Å². The molecule has 1 fully saturated rings. The van der Waals surface area contributed by atoms with Crippen LogP contribution in [0.1, 0.15) is 30.6 Å². The molecule has 4 heteroatoms. The number of halogens is 1. The van der Waals surface area contributed by atoms with Crippen molar-refractivity contribution in [2.75, 3.05) is 0 Å². The maximum Gasteiger partial charge on any atom is 0.251 e. The van der Waals surface area contributed by atoms with E-state index in [1.807, 2.05) is 0 Å². The smallest absolute Gasteiger partial charge is 0.251 e. The summed E-state index contributed by atoms with van der Waals surface area (Å²) in [5, 5.41) is 12.4. The van der Waals surface area contributed by atoms with Crippen LogP contribution < -0.4 is 5.32 Å². The highest BCUT2D eigenvalue weighted by Gasteiger charge is 2.46. The van der Waals surface area contributed by atoms with Gasteiger partial charge in [-0.2, -0.15) is 0 Å². The van der Waals surface area contributed by atoms with Gasteiger partial charge in [-0.1, -0.05) is 25.4 Å². The summed E-state index contributed by atoms with van der Waals surface area (Å²) >= 11 is 5.74. The number of hydrogen-bond donors (Lipinski definition) is 2. The summed E-state index contributed by atoms with van der Waals surface area (Å²) in [5.41, 5.74) is 0.682. The van der Waals surface area contributed by atoms with E-state index in [1.54, 1.807) is 6.07 Å². The van der Waals surface area contributed by atoms with Crippen molar-refractivity contribution in [3.05, 3.63) is 28.8 Å². The summed E-state index contributed by atoms with van der Waals surface area (Å²) in [6.07, 6.45) is 1.00. The quantitative estimate of drug-likeness (QED) is 0.834. The van der Waals surface area contributed by atoms with Crippen molar-refractivity contribution >= 4 is 17.5 Å². The van der Waals surface area contributed by atoms with E-state index in [0.717, 1.165) is 6.42 Å². The molecule has 0 radical (unpaired) electrons. The van der Waals surface area contributed by atoms with Crippen LogP contribution in [0.2, 0.25) is 5.02 Å². The number of rotatable bonds is 2. The van der Waals surface area contributed by atoms with Gasteiger partial charge in [0.1, 0.15) is 5.75 Å². The molecule has 1 saturated carbocycles. The van der Waals surface area contributed by atoms with E-state index in [1.165, 1.54) is 12.1 Å². The molecule has 0 saturated heterocycles. The standard InChI is InChI=1S/C12H14ClNO2/c1-12(2)6-10(12)14-11(16)7-3-4-9(15)8(13)5-7/h3-5,10,15H,6H2,1-2H3,(H,14,16). The first kappa shape index (κ1) is 11.3. The number of amides is 1. The first-order valence-corrected chi connectivity index (χ1v) is 5.57. The van der Waals surface area contributed by atoms with Crippen molar-refractivity contribution in [2.24, 2.45) is 5.41 Å². The van der Waals surface area contributed by atoms with Gasteiger partial charge in [0.15, 0.2) is 0 Å². The Kier molecular flexibility index (Phi) is 2.58. The fourth-order valence-corrected chi connectivity index (χ4v) is 1.78. The van der Waals surface area contributed by atoms with Crippen LogP contribution in [-0.2, 0) is 0 Å². The van der Waals surface area contributed by atoms with Crippen molar-refractivity contribution in [3.63, 3.8) is 0 Å². The zero-order valence-electron chi connectivity index (χ0n) is 9.25. The number of hydrogen-bond acceptors (Lipinski definition) is 2. The second-order valence-electron chi connectivity index (χ2n) is 4.88. The Morgan fingerprint density at radius 2 is 2.19 bits per heavy atom. The lowest BCUT2D eigenvalue weighted by molar-refractivity contribution is 0.0946. The fraction of sp³-hybridized carbons (Fsp3) is 0.417. The topological polar surface area (TPSA) is 49.3 Å². The van der Waals surface area contributed by atoms with Gasteiger partial charge in [0.2, 0.25) is 0 Å². The molecule has 1 atom stereocenters. The molecule has 1 aliphatic rings. The summed E-state index contributed by atoms with van der Waals surface area (Å²) in [5.74, 6) is -0.151. The molecular weight excluding hydrogens is 226 g/mol. The molecule has 1 aromatic carbocycles.